The van der Waals surface area contributed by atoms with Gasteiger partial charge in [0, 0.05) is 16.3 Å². The highest BCUT2D eigenvalue weighted by molar-refractivity contribution is 6.31. The zero-order valence-electron chi connectivity index (χ0n) is 12.1. The normalized spacial score (nSPS) is 14.0. The maximum absolute atomic E-state index is 11.9. The van der Waals surface area contributed by atoms with Crippen LogP contribution in [0.15, 0.2) is 28.0 Å². The molecule has 114 valence electrons. The quantitative estimate of drug-likeness (QED) is 0.585. The molecule has 1 aliphatic carbocycles. The summed E-state index contributed by atoms with van der Waals surface area (Å²) in [4.78, 5) is 23.0. The SMILES string of the molecule is Cc1ccc(N/C(N)=N/c2nc3c(c(=O)[nH]2)CCC3)cc1Cl. The van der Waals surface area contributed by atoms with Crippen molar-refractivity contribution in [2.75, 3.05) is 5.32 Å². The molecule has 0 saturated carbocycles. The van der Waals surface area contributed by atoms with Crippen LogP contribution in [0.2, 0.25) is 5.02 Å². The predicted octanol–water partition coefficient (Wildman–Crippen LogP) is 2.28. The van der Waals surface area contributed by atoms with Gasteiger partial charge >= 0.3 is 0 Å². The molecule has 2 aromatic rings. The number of nitrogens with two attached hydrogens (primary N) is 1. The summed E-state index contributed by atoms with van der Waals surface area (Å²) in [6.07, 6.45) is 2.54. The van der Waals surface area contributed by atoms with Gasteiger partial charge in [-0.15, -0.1) is 0 Å². The lowest BCUT2D eigenvalue weighted by Gasteiger charge is -2.07. The Morgan fingerprint density at radius 1 is 1.45 bits per heavy atom. The van der Waals surface area contributed by atoms with Gasteiger partial charge in [-0.2, -0.15) is 4.99 Å². The molecule has 0 fully saturated rings. The second-order valence-corrected chi connectivity index (χ2v) is 5.66. The topological polar surface area (TPSA) is 96.2 Å². The fraction of sp³-hybridized carbons (Fsp3) is 0.267. The molecule has 0 spiro atoms. The Morgan fingerprint density at radius 3 is 3.05 bits per heavy atom. The minimum Gasteiger partial charge on any atom is -0.369 e. The second-order valence-electron chi connectivity index (χ2n) is 5.25. The van der Waals surface area contributed by atoms with Crippen molar-refractivity contribution in [3.05, 3.63) is 50.4 Å². The number of nitrogens with zero attached hydrogens (tertiary/aromatic N) is 2. The fourth-order valence-corrected chi connectivity index (χ4v) is 2.62. The molecule has 3 rings (SSSR count). The zero-order chi connectivity index (χ0) is 15.7. The highest BCUT2D eigenvalue weighted by Crippen LogP contribution is 2.20. The number of benzene rings is 1. The number of guanidine groups is 1. The first-order valence-corrected chi connectivity index (χ1v) is 7.40. The van der Waals surface area contributed by atoms with Gasteiger partial charge in [0.25, 0.3) is 5.56 Å². The number of hydrogen-bond acceptors (Lipinski definition) is 3. The number of aryl methyl sites for hydroxylation is 2. The smallest absolute Gasteiger partial charge is 0.255 e. The maximum atomic E-state index is 11.9. The van der Waals surface area contributed by atoms with E-state index in [1.54, 1.807) is 6.07 Å². The van der Waals surface area contributed by atoms with Gasteiger partial charge in [-0.1, -0.05) is 17.7 Å². The summed E-state index contributed by atoms with van der Waals surface area (Å²) in [6, 6.07) is 5.49. The van der Waals surface area contributed by atoms with Gasteiger partial charge in [0.1, 0.15) is 0 Å². The van der Waals surface area contributed by atoms with E-state index in [0.29, 0.717) is 5.02 Å². The van der Waals surface area contributed by atoms with Crippen LogP contribution in [0.4, 0.5) is 11.6 Å². The molecule has 22 heavy (non-hydrogen) atoms. The third kappa shape index (κ3) is 2.96. The van der Waals surface area contributed by atoms with Gasteiger partial charge < -0.3 is 11.1 Å². The first-order chi connectivity index (χ1) is 10.5. The standard InChI is InChI=1S/C15H16ClN5O/c1-8-5-6-9(7-11(8)16)18-14(17)21-15-19-12-4-2-3-10(12)13(22)20-15/h5-7H,2-4H2,1H3,(H4,17,18,19,20,21,22). The van der Waals surface area contributed by atoms with Crippen LogP contribution in [-0.4, -0.2) is 15.9 Å². The lowest BCUT2D eigenvalue weighted by Crippen LogP contribution is -2.23. The van der Waals surface area contributed by atoms with E-state index in [9.17, 15) is 4.79 Å². The number of rotatable bonds is 2. The second kappa shape index (κ2) is 5.81. The molecule has 0 unspecified atom stereocenters. The molecule has 1 aliphatic rings. The highest BCUT2D eigenvalue weighted by Gasteiger charge is 2.16. The van der Waals surface area contributed by atoms with Crippen LogP contribution in [-0.2, 0) is 12.8 Å². The molecule has 4 N–H and O–H groups in total. The molecule has 7 heteroatoms. The van der Waals surface area contributed by atoms with Crippen molar-refractivity contribution in [1.82, 2.24) is 9.97 Å². The van der Waals surface area contributed by atoms with E-state index >= 15 is 0 Å². The summed E-state index contributed by atoms with van der Waals surface area (Å²) in [5.74, 6) is 0.356. The summed E-state index contributed by atoms with van der Waals surface area (Å²) >= 11 is 6.06. The van der Waals surface area contributed by atoms with Crippen molar-refractivity contribution in [2.45, 2.75) is 26.2 Å². The number of aliphatic imine (C=N–C) groups is 1. The molecule has 0 aliphatic heterocycles. The van der Waals surface area contributed by atoms with E-state index in [1.165, 1.54) is 0 Å². The number of fused-ring (bicyclic) bond motifs is 1. The van der Waals surface area contributed by atoms with Gasteiger partial charge in [0.2, 0.25) is 11.9 Å². The largest absolute Gasteiger partial charge is 0.369 e. The molecular formula is C15H16ClN5O. The number of aromatic nitrogens is 2. The van der Waals surface area contributed by atoms with Gasteiger partial charge in [-0.05, 0) is 43.9 Å². The number of anilines is 1. The van der Waals surface area contributed by atoms with Crippen LogP contribution in [0.5, 0.6) is 0 Å². The Balaban J connectivity index is 1.84. The Kier molecular flexibility index (Phi) is 3.85. The predicted molar refractivity (Wildman–Crippen MR) is 88.0 cm³/mol. The molecule has 0 bridgehead atoms. The zero-order valence-corrected chi connectivity index (χ0v) is 12.9. The lowest BCUT2D eigenvalue weighted by molar-refractivity contribution is 0.898. The van der Waals surface area contributed by atoms with Crippen molar-refractivity contribution in [1.29, 1.82) is 0 Å². The molecular weight excluding hydrogens is 302 g/mol. The molecule has 0 amide bonds. The van der Waals surface area contributed by atoms with E-state index in [-0.39, 0.29) is 17.5 Å². The molecule has 0 atom stereocenters. The number of nitrogens with one attached hydrogen (secondary N) is 2. The summed E-state index contributed by atoms with van der Waals surface area (Å²) in [5, 5.41) is 3.57. The molecule has 0 saturated heterocycles. The van der Waals surface area contributed by atoms with E-state index in [2.05, 4.69) is 20.3 Å². The Hall–Kier alpha value is -2.34. The van der Waals surface area contributed by atoms with Gasteiger partial charge in [-0.3, -0.25) is 9.78 Å². The number of H-pyrrole nitrogens is 1. The molecule has 1 heterocycles. The van der Waals surface area contributed by atoms with Crippen molar-refractivity contribution in [3.63, 3.8) is 0 Å². The lowest BCUT2D eigenvalue weighted by atomic mass is 10.2. The van der Waals surface area contributed by atoms with Gasteiger partial charge in [0.05, 0.1) is 5.69 Å². The maximum Gasteiger partial charge on any atom is 0.255 e. The minimum atomic E-state index is -0.132. The van der Waals surface area contributed by atoms with Crippen molar-refractivity contribution in [2.24, 2.45) is 10.7 Å². The third-order valence-corrected chi connectivity index (χ3v) is 4.01. The van der Waals surface area contributed by atoms with Gasteiger partial charge in [-0.25, -0.2) is 4.98 Å². The highest BCUT2D eigenvalue weighted by atomic mass is 35.5. The van der Waals surface area contributed by atoms with E-state index < -0.39 is 0 Å². The molecule has 0 radical (unpaired) electrons. The molecule has 6 nitrogen and oxygen atoms in total. The van der Waals surface area contributed by atoms with Gasteiger partial charge in [0.15, 0.2) is 0 Å². The number of aromatic amines is 1. The summed E-state index contributed by atoms with van der Waals surface area (Å²) in [6.45, 7) is 1.92. The fourth-order valence-electron chi connectivity index (χ4n) is 2.44. The Labute approximate surface area is 132 Å². The Morgan fingerprint density at radius 2 is 2.27 bits per heavy atom. The molecule has 1 aromatic heterocycles. The monoisotopic (exact) mass is 317 g/mol. The third-order valence-electron chi connectivity index (χ3n) is 3.60. The van der Waals surface area contributed by atoms with Crippen molar-refractivity contribution in [3.8, 4) is 0 Å². The summed E-state index contributed by atoms with van der Waals surface area (Å²) in [5.41, 5.74) is 9.00. The first-order valence-electron chi connectivity index (χ1n) is 7.02. The van der Waals surface area contributed by atoms with E-state index in [4.69, 9.17) is 17.3 Å². The van der Waals surface area contributed by atoms with Crippen LogP contribution >= 0.6 is 11.6 Å². The van der Waals surface area contributed by atoms with Crippen LogP contribution in [0.3, 0.4) is 0 Å². The summed E-state index contributed by atoms with van der Waals surface area (Å²) in [7, 11) is 0. The number of hydrogen-bond donors (Lipinski definition) is 3. The van der Waals surface area contributed by atoms with Crippen molar-refractivity contribution >= 4 is 29.2 Å². The molecule has 1 aromatic carbocycles. The van der Waals surface area contributed by atoms with Crippen LogP contribution in [0.25, 0.3) is 0 Å². The van der Waals surface area contributed by atoms with E-state index in [0.717, 1.165) is 41.8 Å². The van der Waals surface area contributed by atoms with E-state index in [1.807, 2.05) is 19.1 Å². The number of halogens is 1. The first kappa shape index (κ1) is 14.6. The van der Waals surface area contributed by atoms with Crippen LogP contribution in [0.1, 0.15) is 23.2 Å². The average molecular weight is 318 g/mol. The van der Waals surface area contributed by atoms with Crippen LogP contribution in [0, 0.1) is 6.92 Å². The Bertz CT molecular complexity index is 812. The average Bonchev–Trinajstić information content (AvgIpc) is 2.91. The van der Waals surface area contributed by atoms with Crippen molar-refractivity contribution < 1.29 is 0 Å². The van der Waals surface area contributed by atoms with Crippen LogP contribution < -0.4 is 16.6 Å². The minimum absolute atomic E-state index is 0.132. The summed E-state index contributed by atoms with van der Waals surface area (Å²) < 4.78 is 0.